The molecular formula is C17H24O2. The van der Waals surface area contributed by atoms with Gasteiger partial charge in [0.2, 0.25) is 0 Å². The van der Waals surface area contributed by atoms with Gasteiger partial charge in [0.15, 0.2) is 0 Å². The van der Waals surface area contributed by atoms with Crippen molar-refractivity contribution in [1.82, 2.24) is 0 Å². The molecule has 0 saturated heterocycles. The third kappa shape index (κ3) is 3.37. The van der Waals surface area contributed by atoms with Crippen LogP contribution in [-0.2, 0) is 4.79 Å². The molecule has 1 aliphatic carbocycles. The number of aromatic hydroxyl groups is 1. The fourth-order valence-electron chi connectivity index (χ4n) is 3.34. The van der Waals surface area contributed by atoms with Crippen LogP contribution in [0.4, 0.5) is 0 Å². The normalized spacial score (nSPS) is 20.2. The third-order valence-electron chi connectivity index (χ3n) is 4.63. The minimum Gasteiger partial charge on any atom is -0.508 e. The van der Waals surface area contributed by atoms with Crippen LogP contribution in [0.15, 0.2) is 24.3 Å². The van der Waals surface area contributed by atoms with Gasteiger partial charge in [-0.2, -0.15) is 0 Å². The molecule has 2 atom stereocenters. The Balaban J connectivity index is 2.20. The number of phenolic OH excluding ortho intramolecular Hbond substituents is 1. The van der Waals surface area contributed by atoms with Crippen LogP contribution in [0.1, 0.15) is 57.4 Å². The molecule has 0 aromatic heterocycles. The van der Waals surface area contributed by atoms with Gasteiger partial charge in [0.1, 0.15) is 11.5 Å². The van der Waals surface area contributed by atoms with Gasteiger partial charge in [-0.15, -0.1) is 0 Å². The molecule has 1 fully saturated rings. The van der Waals surface area contributed by atoms with E-state index >= 15 is 0 Å². The topological polar surface area (TPSA) is 37.3 Å². The monoisotopic (exact) mass is 260 g/mol. The molecule has 1 aromatic carbocycles. The van der Waals surface area contributed by atoms with Crippen molar-refractivity contribution in [2.45, 2.75) is 51.9 Å². The van der Waals surface area contributed by atoms with Gasteiger partial charge in [-0.05, 0) is 48.3 Å². The molecule has 1 aliphatic rings. The summed E-state index contributed by atoms with van der Waals surface area (Å²) >= 11 is 0. The minimum atomic E-state index is 0.325. The lowest BCUT2D eigenvalue weighted by atomic mass is 9.70. The third-order valence-corrected chi connectivity index (χ3v) is 4.63. The van der Waals surface area contributed by atoms with E-state index < -0.39 is 0 Å². The molecule has 1 aromatic rings. The van der Waals surface area contributed by atoms with E-state index in [4.69, 9.17) is 0 Å². The SMILES string of the molecule is CCC(C)C(c1ccc(O)cc1)C1CCC(=O)CC1. The first-order chi connectivity index (χ1) is 9.11. The van der Waals surface area contributed by atoms with Crippen molar-refractivity contribution in [3.63, 3.8) is 0 Å². The van der Waals surface area contributed by atoms with Gasteiger partial charge in [0, 0.05) is 12.8 Å². The van der Waals surface area contributed by atoms with Crippen LogP contribution in [0, 0.1) is 11.8 Å². The Morgan fingerprint density at radius 1 is 1.21 bits per heavy atom. The first-order valence-corrected chi connectivity index (χ1v) is 7.42. The molecule has 0 amide bonds. The number of ketones is 1. The highest BCUT2D eigenvalue weighted by Gasteiger charge is 2.30. The van der Waals surface area contributed by atoms with Gasteiger partial charge in [-0.25, -0.2) is 0 Å². The summed E-state index contributed by atoms with van der Waals surface area (Å²) < 4.78 is 0. The molecule has 2 heteroatoms. The second-order valence-corrected chi connectivity index (χ2v) is 5.88. The van der Waals surface area contributed by atoms with Gasteiger partial charge in [0.05, 0.1) is 0 Å². The van der Waals surface area contributed by atoms with Gasteiger partial charge >= 0.3 is 0 Å². The van der Waals surface area contributed by atoms with Crippen molar-refractivity contribution in [1.29, 1.82) is 0 Å². The summed E-state index contributed by atoms with van der Waals surface area (Å²) in [5, 5.41) is 9.43. The molecule has 2 rings (SSSR count). The Labute approximate surface area is 115 Å². The van der Waals surface area contributed by atoms with E-state index in [1.165, 1.54) is 5.56 Å². The smallest absolute Gasteiger partial charge is 0.132 e. The van der Waals surface area contributed by atoms with Crippen LogP contribution >= 0.6 is 0 Å². The maximum absolute atomic E-state index is 11.4. The van der Waals surface area contributed by atoms with Crippen molar-refractivity contribution in [2.75, 3.05) is 0 Å². The first kappa shape index (κ1) is 14.1. The number of carbonyl (C=O) groups is 1. The predicted octanol–water partition coefficient (Wildman–Crippen LogP) is 4.28. The minimum absolute atomic E-state index is 0.325. The van der Waals surface area contributed by atoms with Gasteiger partial charge in [-0.1, -0.05) is 32.4 Å². The van der Waals surface area contributed by atoms with E-state index in [2.05, 4.69) is 13.8 Å². The van der Waals surface area contributed by atoms with E-state index in [1.807, 2.05) is 12.1 Å². The molecule has 19 heavy (non-hydrogen) atoms. The molecule has 1 N–H and O–H groups in total. The number of benzene rings is 1. The van der Waals surface area contributed by atoms with E-state index in [-0.39, 0.29) is 0 Å². The number of rotatable bonds is 4. The number of hydrogen-bond acceptors (Lipinski definition) is 2. The van der Waals surface area contributed by atoms with Crippen LogP contribution < -0.4 is 0 Å². The van der Waals surface area contributed by atoms with E-state index in [0.717, 1.165) is 32.1 Å². The molecule has 2 nitrogen and oxygen atoms in total. The molecule has 0 bridgehead atoms. The summed E-state index contributed by atoms with van der Waals surface area (Å²) in [6, 6.07) is 7.64. The number of phenols is 1. The Morgan fingerprint density at radius 3 is 2.32 bits per heavy atom. The second kappa shape index (κ2) is 6.23. The van der Waals surface area contributed by atoms with E-state index in [1.54, 1.807) is 12.1 Å². The number of carbonyl (C=O) groups excluding carboxylic acids is 1. The zero-order valence-corrected chi connectivity index (χ0v) is 11.9. The van der Waals surface area contributed by atoms with Crippen LogP contribution in [0.3, 0.4) is 0 Å². The van der Waals surface area contributed by atoms with Crippen molar-refractivity contribution < 1.29 is 9.90 Å². The highest BCUT2D eigenvalue weighted by atomic mass is 16.3. The summed E-state index contributed by atoms with van der Waals surface area (Å²) in [4.78, 5) is 11.4. The zero-order valence-electron chi connectivity index (χ0n) is 11.9. The maximum Gasteiger partial charge on any atom is 0.132 e. The molecule has 2 unspecified atom stereocenters. The number of Topliss-reactive ketones (excluding diaryl/α,β-unsaturated/α-hetero) is 1. The Morgan fingerprint density at radius 2 is 1.79 bits per heavy atom. The zero-order chi connectivity index (χ0) is 13.8. The largest absolute Gasteiger partial charge is 0.508 e. The molecule has 1 saturated carbocycles. The lowest BCUT2D eigenvalue weighted by Crippen LogP contribution is -2.24. The Hall–Kier alpha value is -1.31. The Bertz CT molecular complexity index is 411. The van der Waals surface area contributed by atoms with Crippen LogP contribution in [0.25, 0.3) is 0 Å². The molecular weight excluding hydrogens is 236 g/mol. The molecule has 0 spiro atoms. The molecule has 0 radical (unpaired) electrons. The standard InChI is InChI=1S/C17H24O2/c1-3-12(2)17(13-4-8-15(18)9-5-13)14-6-10-16(19)11-7-14/h4-5,8-9,12,14,17-18H,3,6-7,10-11H2,1-2H3. The molecule has 104 valence electrons. The van der Waals surface area contributed by atoms with Crippen molar-refractivity contribution in [3.05, 3.63) is 29.8 Å². The predicted molar refractivity (Wildman–Crippen MR) is 77.3 cm³/mol. The molecule has 0 aliphatic heterocycles. The number of hydrogen-bond donors (Lipinski definition) is 1. The van der Waals surface area contributed by atoms with Gasteiger partial charge < -0.3 is 5.11 Å². The van der Waals surface area contributed by atoms with E-state index in [9.17, 15) is 9.90 Å². The lowest BCUT2D eigenvalue weighted by Gasteiger charge is -2.34. The fraction of sp³-hybridized carbons (Fsp3) is 0.588. The first-order valence-electron chi connectivity index (χ1n) is 7.42. The van der Waals surface area contributed by atoms with Crippen molar-refractivity contribution >= 4 is 5.78 Å². The van der Waals surface area contributed by atoms with Crippen molar-refractivity contribution in [3.8, 4) is 5.75 Å². The maximum atomic E-state index is 11.4. The summed E-state index contributed by atoms with van der Waals surface area (Å²) in [5.74, 6) is 2.48. The average Bonchev–Trinajstić information content (AvgIpc) is 2.43. The second-order valence-electron chi connectivity index (χ2n) is 5.88. The van der Waals surface area contributed by atoms with Gasteiger partial charge in [-0.3, -0.25) is 4.79 Å². The van der Waals surface area contributed by atoms with E-state index in [0.29, 0.717) is 29.3 Å². The summed E-state index contributed by atoms with van der Waals surface area (Å²) in [5.41, 5.74) is 1.31. The highest BCUT2D eigenvalue weighted by molar-refractivity contribution is 5.79. The summed E-state index contributed by atoms with van der Waals surface area (Å²) in [6.07, 6.45) is 4.69. The quantitative estimate of drug-likeness (QED) is 0.877. The average molecular weight is 260 g/mol. The summed E-state index contributed by atoms with van der Waals surface area (Å²) in [6.45, 7) is 4.53. The fourth-order valence-corrected chi connectivity index (χ4v) is 3.34. The van der Waals surface area contributed by atoms with Crippen LogP contribution in [0.5, 0.6) is 5.75 Å². The lowest BCUT2D eigenvalue weighted by molar-refractivity contribution is -0.121. The highest BCUT2D eigenvalue weighted by Crippen LogP contribution is 2.41. The van der Waals surface area contributed by atoms with Crippen molar-refractivity contribution in [2.24, 2.45) is 11.8 Å². The van der Waals surface area contributed by atoms with Crippen LogP contribution in [-0.4, -0.2) is 10.9 Å². The Kier molecular flexibility index (Phi) is 4.62. The van der Waals surface area contributed by atoms with Crippen LogP contribution in [0.2, 0.25) is 0 Å². The summed E-state index contributed by atoms with van der Waals surface area (Å²) in [7, 11) is 0. The molecule has 0 heterocycles. The van der Waals surface area contributed by atoms with Gasteiger partial charge in [0.25, 0.3) is 0 Å².